The number of methoxy groups -OCH3 is 2. The van der Waals surface area contributed by atoms with Crippen LogP contribution in [0.1, 0.15) is 25.6 Å². The Hall–Kier alpha value is -0.890. The molecule has 2 atom stereocenters. The number of fused-ring (bicyclic) bond motifs is 1. The molecule has 6 nitrogen and oxygen atoms in total. The van der Waals surface area contributed by atoms with Gasteiger partial charge in [0.25, 0.3) is 0 Å². The average molecular weight is 362 g/mol. The van der Waals surface area contributed by atoms with Crippen LogP contribution in [-0.4, -0.2) is 36.8 Å². The van der Waals surface area contributed by atoms with Crippen LogP contribution in [-0.2, 0) is 16.0 Å². The van der Waals surface area contributed by atoms with Crippen molar-refractivity contribution in [2.24, 2.45) is 5.41 Å². The van der Waals surface area contributed by atoms with Crippen molar-refractivity contribution < 1.29 is 19.3 Å². The lowest BCUT2D eigenvalue weighted by Crippen LogP contribution is -2.46. The largest absolute Gasteiger partial charge is 0.491 e. The summed E-state index contributed by atoms with van der Waals surface area (Å²) in [5.74, 6) is 0.227. The van der Waals surface area contributed by atoms with Gasteiger partial charge in [0.1, 0.15) is 12.9 Å². The van der Waals surface area contributed by atoms with E-state index in [-0.39, 0.29) is 18.0 Å². The summed E-state index contributed by atoms with van der Waals surface area (Å²) in [6, 6.07) is 0. The number of hydrogen-bond donors (Lipinski definition) is 1. The van der Waals surface area contributed by atoms with Crippen LogP contribution in [0.15, 0.2) is 15.5 Å². The maximum Gasteiger partial charge on any atom is 0.237 e. The van der Waals surface area contributed by atoms with Gasteiger partial charge >= 0.3 is 0 Å². The molecule has 0 fully saturated rings. The van der Waals surface area contributed by atoms with Crippen LogP contribution in [0.3, 0.4) is 0 Å². The van der Waals surface area contributed by atoms with E-state index in [0.717, 1.165) is 0 Å². The topological polar surface area (TPSA) is 69.9 Å². The molecule has 21 heavy (non-hydrogen) atoms. The number of hydrogen-bond acceptors (Lipinski definition) is 5. The standard InChI is InChI=1S/C14H20BrNO5/c1-14(2)9(17)6-16-5-8(15)11(18)12(20-4)10(16)13(14)21-7-19-3/h5,9,13,17H,6-7H2,1-4H3. The third-order valence-corrected chi connectivity index (χ3v) is 4.51. The minimum Gasteiger partial charge on any atom is -0.491 e. The van der Waals surface area contributed by atoms with Crippen molar-refractivity contribution in [3.63, 3.8) is 0 Å². The molecule has 2 rings (SSSR count). The van der Waals surface area contributed by atoms with E-state index in [1.165, 1.54) is 14.2 Å². The smallest absolute Gasteiger partial charge is 0.237 e. The van der Waals surface area contributed by atoms with E-state index in [4.69, 9.17) is 14.2 Å². The Labute approximate surface area is 131 Å². The molecule has 1 aromatic heterocycles. The van der Waals surface area contributed by atoms with E-state index in [1.807, 2.05) is 13.8 Å². The summed E-state index contributed by atoms with van der Waals surface area (Å²) in [5, 5.41) is 10.4. The molecule has 1 aliphatic rings. The van der Waals surface area contributed by atoms with Crippen molar-refractivity contribution in [2.75, 3.05) is 21.0 Å². The number of aliphatic hydroxyl groups excluding tert-OH is 1. The average Bonchev–Trinajstić information content (AvgIpc) is 2.42. The first-order valence-corrected chi connectivity index (χ1v) is 7.39. The van der Waals surface area contributed by atoms with Gasteiger partial charge in [0.05, 0.1) is 23.4 Å². The summed E-state index contributed by atoms with van der Waals surface area (Å²) in [6.45, 7) is 4.22. The number of ether oxygens (including phenoxy) is 3. The van der Waals surface area contributed by atoms with E-state index in [2.05, 4.69) is 15.9 Å². The quantitative estimate of drug-likeness (QED) is 0.826. The normalized spacial score (nSPS) is 23.7. The Bertz CT molecular complexity index is 583. The molecule has 118 valence electrons. The first-order chi connectivity index (χ1) is 9.84. The zero-order valence-corrected chi connectivity index (χ0v) is 14.1. The van der Waals surface area contributed by atoms with Gasteiger partial charge in [-0.2, -0.15) is 0 Å². The van der Waals surface area contributed by atoms with Gasteiger partial charge in [-0.15, -0.1) is 0 Å². The fraction of sp³-hybridized carbons (Fsp3) is 0.643. The summed E-state index contributed by atoms with van der Waals surface area (Å²) < 4.78 is 18.2. The Balaban J connectivity index is 2.65. The van der Waals surface area contributed by atoms with Crippen LogP contribution in [0.5, 0.6) is 5.75 Å². The highest BCUT2D eigenvalue weighted by Gasteiger charge is 2.45. The Morgan fingerprint density at radius 3 is 2.71 bits per heavy atom. The zero-order chi connectivity index (χ0) is 15.8. The van der Waals surface area contributed by atoms with E-state index in [9.17, 15) is 9.90 Å². The summed E-state index contributed by atoms with van der Waals surface area (Å²) in [7, 11) is 2.98. The molecule has 2 unspecified atom stereocenters. The fourth-order valence-electron chi connectivity index (χ4n) is 2.62. The van der Waals surface area contributed by atoms with Crippen molar-refractivity contribution in [1.82, 2.24) is 4.57 Å². The summed E-state index contributed by atoms with van der Waals surface area (Å²) in [6.07, 6.45) is 0.518. The van der Waals surface area contributed by atoms with Gasteiger partial charge in [-0.05, 0) is 15.9 Å². The van der Waals surface area contributed by atoms with Gasteiger partial charge in [-0.3, -0.25) is 4.79 Å². The summed E-state index contributed by atoms with van der Waals surface area (Å²) >= 11 is 3.23. The van der Waals surface area contributed by atoms with Gasteiger partial charge in [0.2, 0.25) is 5.43 Å². The maximum absolute atomic E-state index is 12.2. The molecule has 0 aliphatic carbocycles. The van der Waals surface area contributed by atoms with Crippen LogP contribution in [0.2, 0.25) is 0 Å². The lowest BCUT2D eigenvalue weighted by molar-refractivity contribution is -0.158. The molecule has 0 amide bonds. The molecule has 7 heteroatoms. The molecular weight excluding hydrogens is 342 g/mol. The number of rotatable bonds is 4. The van der Waals surface area contributed by atoms with E-state index in [1.54, 1.807) is 10.8 Å². The Morgan fingerprint density at radius 1 is 1.48 bits per heavy atom. The number of nitrogens with zero attached hydrogens (tertiary/aromatic N) is 1. The lowest BCUT2D eigenvalue weighted by Gasteiger charge is -2.44. The maximum atomic E-state index is 12.2. The van der Waals surface area contributed by atoms with Crippen LogP contribution in [0.25, 0.3) is 0 Å². The van der Waals surface area contributed by atoms with Crippen molar-refractivity contribution in [1.29, 1.82) is 0 Å². The Morgan fingerprint density at radius 2 is 2.14 bits per heavy atom. The van der Waals surface area contributed by atoms with Crippen LogP contribution >= 0.6 is 15.9 Å². The van der Waals surface area contributed by atoms with Crippen molar-refractivity contribution >= 4 is 15.9 Å². The molecule has 1 aromatic rings. The minimum absolute atomic E-state index is 0.0637. The SMILES string of the molecule is COCOC1c2c(OC)c(=O)c(Br)cn2CC(O)C1(C)C. The van der Waals surface area contributed by atoms with E-state index < -0.39 is 17.6 Å². The molecule has 0 radical (unpaired) electrons. The summed E-state index contributed by atoms with van der Waals surface area (Å²) in [5.41, 5.74) is -0.188. The molecule has 0 saturated heterocycles. The third-order valence-electron chi connectivity index (χ3n) is 3.94. The second-order valence-electron chi connectivity index (χ2n) is 5.67. The molecule has 0 aromatic carbocycles. The summed E-state index contributed by atoms with van der Waals surface area (Å²) in [4.78, 5) is 12.2. The highest BCUT2D eigenvalue weighted by molar-refractivity contribution is 9.10. The van der Waals surface area contributed by atoms with Crippen LogP contribution in [0, 0.1) is 5.41 Å². The number of halogens is 1. The third kappa shape index (κ3) is 2.75. The lowest BCUT2D eigenvalue weighted by atomic mass is 9.76. The zero-order valence-electron chi connectivity index (χ0n) is 12.6. The number of aromatic nitrogens is 1. The second kappa shape index (κ2) is 6.08. The molecule has 0 spiro atoms. The molecular formula is C14H20BrNO5. The van der Waals surface area contributed by atoms with E-state index in [0.29, 0.717) is 16.7 Å². The van der Waals surface area contributed by atoms with Gasteiger partial charge in [-0.1, -0.05) is 13.8 Å². The number of pyridine rings is 1. The van der Waals surface area contributed by atoms with Gasteiger partial charge < -0.3 is 23.9 Å². The monoisotopic (exact) mass is 361 g/mol. The molecule has 1 aliphatic heterocycles. The molecule has 1 N–H and O–H groups in total. The van der Waals surface area contributed by atoms with Crippen molar-refractivity contribution in [2.45, 2.75) is 32.6 Å². The highest BCUT2D eigenvalue weighted by Crippen LogP contribution is 2.46. The fourth-order valence-corrected chi connectivity index (χ4v) is 3.04. The Kier molecular flexibility index (Phi) is 4.77. The van der Waals surface area contributed by atoms with Gasteiger partial charge in [-0.25, -0.2) is 0 Å². The first-order valence-electron chi connectivity index (χ1n) is 6.60. The van der Waals surface area contributed by atoms with Crippen LogP contribution in [0.4, 0.5) is 0 Å². The predicted octanol–water partition coefficient (Wildman–Crippen LogP) is 1.68. The molecule has 2 heterocycles. The van der Waals surface area contributed by atoms with E-state index >= 15 is 0 Å². The van der Waals surface area contributed by atoms with Crippen molar-refractivity contribution in [3.05, 3.63) is 26.6 Å². The molecule has 0 bridgehead atoms. The van der Waals surface area contributed by atoms with Crippen molar-refractivity contribution in [3.8, 4) is 5.75 Å². The predicted molar refractivity (Wildman–Crippen MR) is 80.4 cm³/mol. The van der Waals surface area contributed by atoms with Crippen LogP contribution < -0.4 is 10.2 Å². The second-order valence-corrected chi connectivity index (χ2v) is 6.52. The highest BCUT2D eigenvalue weighted by atomic mass is 79.9. The first kappa shape index (κ1) is 16.5. The molecule has 0 saturated carbocycles. The minimum atomic E-state index is -0.619. The van der Waals surface area contributed by atoms with Gasteiger partial charge in [0.15, 0.2) is 5.75 Å². The number of aliphatic hydroxyl groups is 1. The van der Waals surface area contributed by atoms with Gasteiger partial charge in [0, 0.05) is 25.3 Å².